The standard InChI is InChI=1S/C17H24OS2/c1-4-16-17(20-10-9-19-16)15(18)11-13-5-7-14(8-6-13)12(2)3/h5-8,12,16-17H,4,9-11H2,1-3H3. The molecule has 0 amide bonds. The van der Waals surface area contributed by atoms with Gasteiger partial charge < -0.3 is 0 Å². The lowest BCUT2D eigenvalue weighted by Crippen LogP contribution is -2.33. The average Bonchev–Trinajstić information content (AvgIpc) is 2.47. The molecule has 0 radical (unpaired) electrons. The molecule has 2 rings (SSSR count). The SMILES string of the molecule is CCC1SCCSC1C(=O)Cc1ccc(C(C)C)cc1. The molecule has 1 fully saturated rings. The first kappa shape index (κ1) is 16.0. The van der Waals surface area contributed by atoms with Gasteiger partial charge in [-0.15, -0.1) is 11.8 Å². The predicted molar refractivity (Wildman–Crippen MR) is 92.0 cm³/mol. The van der Waals surface area contributed by atoms with E-state index in [2.05, 4.69) is 45.0 Å². The maximum absolute atomic E-state index is 12.5. The molecule has 0 aromatic heterocycles. The lowest BCUT2D eigenvalue weighted by molar-refractivity contribution is -0.117. The number of carbonyl (C=O) groups is 1. The van der Waals surface area contributed by atoms with Crippen molar-refractivity contribution in [1.29, 1.82) is 0 Å². The van der Waals surface area contributed by atoms with Crippen molar-refractivity contribution in [3.05, 3.63) is 35.4 Å². The van der Waals surface area contributed by atoms with Crippen molar-refractivity contribution in [3.63, 3.8) is 0 Å². The molecule has 1 aromatic carbocycles. The molecule has 0 bridgehead atoms. The topological polar surface area (TPSA) is 17.1 Å². The number of benzene rings is 1. The second-order valence-electron chi connectivity index (χ2n) is 5.65. The Labute approximate surface area is 131 Å². The van der Waals surface area contributed by atoms with Crippen LogP contribution in [0.4, 0.5) is 0 Å². The number of hydrogen-bond donors (Lipinski definition) is 0. The minimum absolute atomic E-state index is 0.198. The van der Waals surface area contributed by atoms with Crippen LogP contribution in [0.3, 0.4) is 0 Å². The molecule has 0 aliphatic carbocycles. The number of rotatable bonds is 5. The highest BCUT2D eigenvalue weighted by molar-refractivity contribution is 8.07. The van der Waals surface area contributed by atoms with Gasteiger partial charge in [-0.1, -0.05) is 45.0 Å². The van der Waals surface area contributed by atoms with Crippen LogP contribution in [0, 0.1) is 0 Å². The van der Waals surface area contributed by atoms with Crippen LogP contribution in [0.15, 0.2) is 24.3 Å². The highest BCUT2D eigenvalue weighted by Gasteiger charge is 2.30. The summed E-state index contributed by atoms with van der Waals surface area (Å²) < 4.78 is 0. The number of thioether (sulfide) groups is 2. The van der Waals surface area contributed by atoms with Crippen LogP contribution in [-0.4, -0.2) is 27.8 Å². The molecular formula is C17H24OS2. The van der Waals surface area contributed by atoms with Gasteiger partial charge in [0.1, 0.15) is 0 Å². The average molecular weight is 309 g/mol. The summed E-state index contributed by atoms with van der Waals surface area (Å²) in [5, 5.41) is 0.708. The van der Waals surface area contributed by atoms with Gasteiger partial charge in [-0.25, -0.2) is 0 Å². The summed E-state index contributed by atoms with van der Waals surface area (Å²) in [6, 6.07) is 8.56. The summed E-state index contributed by atoms with van der Waals surface area (Å²) in [5.74, 6) is 3.26. The minimum atomic E-state index is 0.198. The zero-order chi connectivity index (χ0) is 14.5. The second kappa shape index (κ2) is 7.56. The Morgan fingerprint density at radius 2 is 1.85 bits per heavy atom. The highest BCUT2D eigenvalue weighted by atomic mass is 32.2. The maximum Gasteiger partial charge on any atom is 0.151 e. The molecule has 20 heavy (non-hydrogen) atoms. The normalized spacial score (nSPS) is 23.0. The van der Waals surface area contributed by atoms with Gasteiger partial charge in [0, 0.05) is 23.2 Å². The molecule has 2 atom stereocenters. The van der Waals surface area contributed by atoms with Gasteiger partial charge in [0.15, 0.2) is 5.78 Å². The Morgan fingerprint density at radius 1 is 1.20 bits per heavy atom. The van der Waals surface area contributed by atoms with Gasteiger partial charge in [-0.05, 0) is 23.5 Å². The number of Topliss-reactive ketones (excluding diaryl/α,β-unsaturated/α-hetero) is 1. The van der Waals surface area contributed by atoms with E-state index in [0.717, 1.165) is 17.7 Å². The van der Waals surface area contributed by atoms with Crippen molar-refractivity contribution >= 4 is 29.3 Å². The van der Waals surface area contributed by atoms with Crippen molar-refractivity contribution in [2.24, 2.45) is 0 Å². The molecule has 1 nitrogen and oxygen atoms in total. The second-order valence-corrected chi connectivity index (χ2v) is 8.24. The summed E-state index contributed by atoms with van der Waals surface area (Å²) in [4.78, 5) is 12.5. The van der Waals surface area contributed by atoms with Crippen molar-refractivity contribution in [2.45, 2.75) is 50.0 Å². The number of carbonyl (C=O) groups excluding carboxylic acids is 1. The third-order valence-corrected chi connectivity index (χ3v) is 7.09. The minimum Gasteiger partial charge on any atom is -0.298 e. The molecular weight excluding hydrogens is 284 g/mol. The third-order valence-electron chi connectivity index (χ3n) is 3.79. The van der Waals surface area contributed by atoms with Crippen molar-refractivity contribution in [3.8, 4) is 0 Å². The smallest absolute Gasteiger partial charge is 0.151 e. The van der Waals surface area contributed by atoms with Crippen molar-refractivity contribution < 1.29 is 4.79 Å². The lowest BCUT2D eigenvalue weighted by Gasteiger charge is -2.28. The van der Waals surface area contributed by atoms with Crippen LogP contribution in [-0.2, 0) is 11.2 Å². The largest absolute Gasteiger partial charge is 0.298 e. The fourth-order valence-electron chi connectivity index (χ4n) is 2.52. The fourth-order valence-corrected chi connectivity index (χ4v) is 5.56. The van der Waals surface area contributed by atoms with Gasteiger partial charge in [-0.2, -0.15) is 11.8 Å². The molecule has 0 spiro atoms. The van der Waals surface area contributed by atoms with Crippen LogP contribution < -0.4 is 0 Å². The first-order chi connectivity index (χ1) is 9.61. The van der Waals surface area contributed by atoms with E-state index < -0.39 is 0 Å². The Balaban J connectivity index is 1.99. The highest BCUT2D eigenvalue weighted by Crippen LogP contribution is 2.34. The molecule has 1 aliphatic rings. The zero-order valence-corrected chi connectivity index (χ0v) is 14.2. The van der Waals surface area contributed by atoms with Crippen LogP contribution in [0.1, 0.15) is 44.2 Å². The van der Waals surface area contributed by atoms with Gasteiger partial charge in [0.05, 0.1) is 5.25 Å². The molecule has 1 aromatic rings. The Morgan fingerprint density at radius 3 is 2.45 bits per heavy atom. The molecule has 2 unspecified atom stereocenters. The summed E-state index contributed by atoms with van der Waals surface area (Å²) >= 11 is 3.84. The third kappa shape index (κ3) is 4.05. The van der Waals surface area contributed by atoms with Gasteiger partial charge in [0.25, 0.3) is 0 Å². The van der Waals surface area contributed by atoms with Crippen LogP contribution in [0.5, 0.6) is 0 Å². The van der Waals surface area contributed by atoms with E-state index in [1.54, 1.807) is 0 Å². The molecule has 1 saturated heterocycles. The molecule has 110 valence electrons. The van der Waals surface area contributed by atoms with E-state index in [0.29, 0.717) is 23.4 Å². The first-order valence-electron chi connectivity index (χ1n) is 7.46. The van der Waals surface area contributed by atoms with Gasteiger partial charge in [-0.3, -0.25) is 4.79 Å². The Bertz CT molecular complexity index is 439. The van der Waals surface area contributed by atoms with E-state index in [1.165, 1.54) is 11.3 Å². The predicted octanol–water partition coefficient (Wildman–Crippen LogP) is 4.55. The molecule has 0 N–H and O–H groups in total. The Hall–Kier alpha value is -0.410. The summed E-state index contributed by atoms with van der Waals surface area (Å²) in [6.45, 7) is 6.59. The zero-order valence-electron chi connectivity index (χ0n) is 12.6. The van der Waals surface area contributed by atoms with Crippen LogP contribution in [0.25, 0.3) is 0 Å². The number of ketones is 1. The van der Waals surface area contributed by atoms with Crippen molar-refractivity contribution in [1.82, 2.24) is 0 Å². The van der Waals surface area contributed by atoms with Crippen molar-refractivity contribution in [2.75, 3.05) is 11.5 Å². The monoisotopic (exact) mass is 308 g/mol. The van der Waals surface area contributed by atoms with E-state index in [1.807, 2.05) is 23.5 Å². The van der Waals surface area contributed by atoms with Gasteiger partial charge in [0.2, 0.25) is 0 Å². The summed E-state index contributed by atoms with van der Waals surface area (Å²) in [6.07, 6.45) is 1.69. The van der Waals surface area contributed by atoms with E-state index >= 15 is 0 Å². The van der Waals surface area contributed by atoms with E-state index in [4.69, 9.17) is 0 Å². The molecule has 0 saturated carbocycles. The van der Waals surface area contributed by atoms with E-state index in [-0.39, 0.29) is 5.25 Å². The first-order valence-corrected chi connectivity index (χ1v) is 9.56. The van der Waals surface area contributed by atoms with E-state index in [9.17, 15) is 4.79 Å². The Kier molecular flexibility index (Phi) is 6.03. The fraction of sp³-hybridized carbons (Fsp3) is 0.588. The molecule has 1 heterocycles. The summed E-state index contributed by atoms with van der Waals surface area (Å²) in [5.41, 5.74) is 2.50. The molecule has 3 heteroatoms. The van der Waals surface area contributed by atoms with Crippen LogP contribution in [0.2, 0.25) is 0 Å². The van der Waals surface area contributed by atoms with Crippen LogP contribution >= 0.6 is 23.5 Å². The quantitative estimate of drug-likeness (QED) is 0.794. The van der Waals surface area contributed by atoms with Gasteiger partial charge >= 0.3 is 0 Å². The number of hydrogen-bond acceptors (Lipinski definition) is 3. The molecule has 1 aliphatic heterocycles. The summed E-state index contributed by atoms with van der Waals surface area (Å²) in [7, 11) is 0. The maximum atomic E-state index is 12.5. The lowest BCUT2D eigenvalue weighted by atomic mass is 9.99.